The van der Waals surface area contributed by atoms with Crippen LogP contribution in [0.5, 0.6) is 23.0 Å². The van der Waals surface area contributed by atoms with E-state index >= 15 is 0 Å². The summed E-state index contributed by atoms with van der Waals surface area (Å²) in [5.41, 5.74) is 3.45. The van der Waals surface area contributed by atoms with E-state index in [9.17, 15) is 4.79 Å². The Morgan fingerprint density at radius 3 is 2.00 bits per heavy atom. The van der Waals surface area contributed by atoms with Crippen molar-refractivity contribution >= 4 is 17.4 Å². The van der Waals surface area contributed by atoms with Crippen LogP contribution in [0.2, 0.25) is 0 Å². The van der Waals surface area contributed by atoms with Crippen molar-refractivity contribution in [1.82, 2.24) is 0 Å². The highest BCUT2D eigenvalue weighted by atomic mass is 16.5. The van der Waals surface area contributed by atoms with Crippen LogP contribution in [0.15, 0.2) is 36.0 Å². The molecular weight excluding hydrogens is 320 g/mol. The molecule has 0 atom stereocenters. The maximum atomic E-state index is 12.0. The lowest BCUT2D eigenvalue weighted by Crippen LogP contribution is -2.05. The number of carbonyl (C=O) groups is 1. The molecule has 0 bridgehead atoms. The third-order valence-electron chi connectivity index (χ3n) is 4.26. The average Bonchev–Trinajstić information content (AvgIpc) is 2.90. The molecule has 0 fully saturated rings. The molecule has 0 unspecified atom stereocenters. The van der Waals surface area contributed by atoms with E-state index in [4.69, 9.17) is 18.9 Å². The minimum atomic E-state index is 0.0563. The Kier molecular flexibility index (Phi) is 4.65. The maximum absolute atomic E-state index is 12.0. The van der Waals surface area contributed by atoms with Gasteiger partial charge in [-0.15, -0.1) is 0 Å². The van der Waals surface area contributed by atoms with E-state index in [1.807, 2.05) is 24.3 Å². The Hall–Kier alpha value is -2.95. The van der Waals surface area contributed by atoms with Gasteiger partial charge in [0, 0.05) is 17.5 Å². The number of ketones is 1. The highest BCUT2D eigenvalue weighted by Crippen LogP contribution is 2.54. The van der Waals surface area contributed by atoms with Gasteiger partial charge in [-0.25, -0.2) is 0 Å². The van der Waals surface area contributed by atoms with Crippen LogP contribution in [-0.2, 0) is 4.79 Å². The normalized spacial score (nSPS) is 15.3. The minimum Gasteiger partial charge on any atom is -0.492 e. The molecule has 3 rings (SSSR count). The predicted molar refractivity (Wildman–Crippen MR) is 96.5 cm³/mol. The van der Waals surface area contributed by atoms with Gasteiger partial charge in [0.25, 0.3) is 0 Å². The van der Waals surface area contributed by atoms with Crippen molar-refractivity contribution in [3.8, 4) is 23.0 Å². The molecule has 5 nitrogen and oxygen atoms in total. The summed E-state index contributed by atoms with van der Waals surface area (Å²) in [5.74, 6) is 2.08. The minimum absolute atomic E-state index is 0.0563. The second-order valence-electron chi connectivity index (χ2n) is 5.56. The molecule has 2 aliphatic rings. The molecule has 1 aromatic rings. The number of hydrogen-bond donors (Lipinski definition) is 0. The summed E-state index contributed by atoms with van der Waals surface area (Å²) in [6, 6.07) is 0. The van der Waals surface area contributed by atoms with Gasteiger partial charge in [0.05, 0.1) is 28.4 Å². The molecule has 0 aliphatic heterocycles. The second kappa shape index (κ2) is 6.89. The highest BCUT2D eigenvalue weighted by Gasteiger charge is 2.30. The molecule has 0 aromatic heterocycles. The fourth-order valence-corrected chi connectivity index (χ4v) is 3.23. The molecule has 0 spiro atoms. The van der Waals surface area contributed by atoms with E-state index in [0.717, 1.165) is 22.3 Å². The Morgan fingerprint density at radius 2 is 1.36 bits per heavy atom. The Balaban J connectivity index is 2.40. The van der Waals surface area contributed by atoms with Crippen LogP contribution in [0, 0.1) is 0 Å². The van der Waals surface area contributed by atoms with Crippen LogP contribution in [0.1, 0.15) is 17.5 Å². The molecule has 130 valence electrons. The first-order valence-electron chi connectivity index (χ1n) is 7.85. The summed E-state index contributed by atoms with van der Waals surface area (Å²) in [6.07, 6.45) is 11.3. The van der Waals surface area contributed by atoms with Crippen LogP contribution in [0.25, 0.3) is 11.6 Å². The van der Waals surface area contributed by atoms with E-state index < -0.39 is 0 Å². The molecular formula is C20H20O5. The molecule has 0 radical (unpaired) electrons. The van der Waals surface area contributed by atoms with Crippen molar-refractivity contribution in [2.75, 3.05) is 28.4 Å². The van der Waals surface area contributed by atoms with Gasteiger partial charge in [-0.05, 0) is 17.2 Å². The predicted octanol–water partition coefficient (Wildman–Crippen LogP) is 3.59. The Labute approximate surface area is 146 Å². The van der Waals surface area contributed by atoms with Crippen molar-refractivity contribution in [3.63, 3.8) is 0 Å². The standard InChI is InChI=1S/C20H20O5/c1-22-17-15-10-5-7-12-11-13(21)8-6-9-14(12)16(15)18(23-2)20(25-4)19(17)24-3/h5-10H,11H2,1-4H3. The lowest BCUT2D eigenvalue weighted by Gasteiger charge is -2.23. The van der Waals surface area contributed by atoms with Crippen molar-refractivity contribution in [2.24, 2.45) is 0 Å². The molecule has 25 heavy (non-hydrogen) atoms. The van der Waals surface area contributed by atoms with Crippen LogP contribution in [-0.4, -0.2) is 34.2 Å². The van der Waals surface area contributed by atoms with E-state index in [2.05, 4.69) is 0 Å². The zero-order valence-electron chi connectivity index (χ0n) is 14.7. The fourth-order valence-electron chi connectivity index (χ4n) is 3.23. The topological polar surface area (TPSA) is 54.0 Å². The third kappa shape index (κ3) is 2.71. The van der Waals surface area contributed by atoms with Gasteiger partial charge >= 0.3 is 0 Å². The van der Waals surface area contributed by atoms with Gasteiger partial charge in [0.1, 0.15) is 0 Å². The van der Waals surface area contributed by atoms with Crippen LogP contribution in [0.3, 0.4) is 0 Å². The molecule has 0 N–H and O–H groups in total. The van der Waals surface area contributed by atoms with Gasteiger partial charge < -0.3 is 18.9 Å². The Morgan fingerprint density at radius 1 is 0.760 bits per heavy atom. The van der Waals surface area contributed by atoms with Crippen LogP contribution < -0.4 is 18.9 Å². The highest BCUT2D eigenvalue weighted by molar-refractivity contribution is 6.02. The first-order chi connectivity index (χ1) is 12.2. The fraction of sp³-hybridized carbons (Fsp3) is 0.250. The lowest BCUT2D eigenvalue weighted by atomic mass is 9.91. The number of hydrogen-bond acceptors (Lipinski definition) is 5. The number of rotatable bonds is 4. The van der Waals surface area contributed by atoms with E-state index in [-0.39, 0.29) is 5.78 Å². The van der Waals surface area contributed by atoms with Gasteiger partial charge in [-0.2, -0.15) is 0 Å². The summed E-state index contributed by atoms with van der Waals surface area (Å²) in [4.78, 5) is 12.0. The number of fused-ring (bicyclic) bond motifs is 3. The largest absolute Gasteiger partial charge is 0.492 e. The number of benzene rings is 1. The van der Waals surface area contributed by atoms with Crippen molar-refractivity contribution in [2.45, 2.75) is 6.42 Å². The number of carbonyl (C=O) groups excluding carboxylic acids is 1. The molecule has 0 heterocycles. The van der Waals surface area contributed by atoms with Gasteiger partial charge in [-0.3, -0.25) is 4.79 Å². The zero-order valence-corrected chi connectivity index (χ0v) is 14.7. The van der Waals surface area contributed by atoms with Crippen LogP contribution in [0.4, 0.5) is 0 Å². The summed E-state index contributed by atoms with van der Waals surface area (Å²) in [7, 11) is 6.28. The molecule has 5 heteroatoms. The zero-order chi connectivity index (χ0) is 18.0. The molecule has 0 amide bonds. The summed E-state index contributed by atoms with van der Waals surface area (Å²) in [5, 5.41) is 0. The van der Waals surface area contributed by atoms with Crippen LogP contribution >= 0.6 is 0 Å². The second-order valence-corrected chi connectivity index (χ2v) is 5.56. The van der Waals surface area contributed by atoms with Crippen molar-refractivity contribution < 1.29 is 23.7 Å². The average molecular weight is 340 g/mol. The number of ether oxygens (including phenoxy) is 4. The maximum Gasteiger partial charge on any atom is 0.207 e. The van der Waals surface area contributed by atoms with Crippen molar-refractivity contribution in [3.05, 3.63) is 47.1 Å². The number of allylic oxidation sites excluding steroid dienone is 7. The monoisotopic (exact) mass is 340 g/mol. The van der Waals surface area contributed by atoms with Gasteiger partial charge in [0.2, 0.25) is 11.5 Å². The summed E-state index contributed by atoms with van der Waals surface area (Å²) < 4.78 is 22.4. The summed E-state index contributed by atoms with van der Waals surface area (Å²) >= 11 is 0. The number of methoxy groups -OCH3 is 4. The van der Waals surface area contributed by atoms with Gasteiger partial charge in [0.15, 0.2) is 17.3 Å². The smallest absolute Gasteiger partial charge is 0.207 e. The Bertz CT molecular complexity index is 840. The van der Waals surface area contributed by atoms with E-state index in [1.54, 1.807) is 40.6 Å². The van der Waals surface area contributed by atoms with E-state index in [1.165, 1.54) is 0 Å². The van der Waals surface area contributed by atoms with E-state index in [0.29, 0.717) is 29.4 Å². The molecule has 0 saturated heterocycles. The molecule has 2 aliphatic carbocycles. The molecule has 0 saturated carbocycles. The van der Waals surface area contributed by atoms with Gasteiger partial charge in [-0.1, -0.05) is 30.4 Å². The molecule has 1 aromatic carbocycles. The first-order valence-corrected chi connectivity index (χ1v) is 7.85. The third-order valence-corrected chi connectivity index (χ3v) is 4.26. The quantitative estimate of drug-likeness (QED) is 0.838. The first kappa shape index (κ1) is 16.9. The SMILES string of the molecule is COc1c2c(c(OC)c(OC)c1OC)C1=CC=CC(=O)CC1=CC=C2. The summed E-state index contributed by atoms with van der Waals surface area (Å²) in [6.45, 7) is 0. The van der Waals surface area contributed by atoms with Crippen molar-refractivity contribution in [1.29, 1.82) is 0 Å². The lowest BCUT2D eigenvalue weighted by molar-refractivity contribution is -0.113.